The molecule has 1 aliphatic rings. The van der Waals surface area contributed by atoms with Crippen molar-refractivity contribution in [3.05, 3.63) is 0 Å². The highest BCUT2D eigenvalue weighted by molar-refractivity contribution is 4.81. The van der Waals surface area contributed by atoms with Crippen molar-refractivity contribution in [2.75, 3.05) is 27.2 Å². The molecule has 16 heavy (non-hydrogen) atoms. The summed E-state index contributed by atoms with van der Waals surface area (Å²) in [4.78, 5) is 2.50. The monoisotopic (exact) mass is 226 g/mol. The molecule has 96 valence electrons. The van der Waals surface area contributed by atoms with Crippen molar-refractivity contribution < 1.29 is 0 Å². The largest absolute Gasteiger partial charge is 0.315 e. The molecule has 0 saturated heterocycles. The number of hydrogen-bond acceptors (Lipinski definition) is 2. The van der Waals surface area contributed by atoms with E-state index in [2.05, 4.69) is 38.2 Å². The van der Waals surface area contributed by atoms with Crippen molar-refractivity contribution in [3.8, 4) is 0 Å². The van der Waals surface area contributed by atoms with Crippen LogP contribution in [-0.2, 0) is 0 Å². The van der Waals surface area contributed by atoms with E-state index in [4.69, 9.17) is 0 Å². The van der Waals surface area contributed by atoms with Gasteiger partial charge in [0, 0.05) is 12.6 Å². The molecule has 0 radical (unpaired) electrons. The Balaban J connectivity index is 2.25. The van der Waals surface area contributed by atoms with Crippen LogP contribution in [0.25, 0.3) is 0 Å². The summed E-state index contributed by atoms with van der Waals surface area (Å²) in [6, 6.07) is 0.708. The fourth-order valence-electron chi connectivity index (χ4n) is 2.74. The van der Waals surface area contributed by atoms with E-state index in [0.29, 0.717) is 6.04 Å². The molecule has 1 N–H and O–H groups in total. The predicted molar refractivity (Wildman–Crippen MR) is 71.8 cm³/mol. The molecule has 1 atom stereocenters. The topological polar surface area (TPSA) is 15.3 Å². The maximum Gasteiger partial charge on any atom is 0.0220 e. The zero-order valence-electron chi connectivity index (χ0n) is 11.6. The molecule has 0 aromatic rings. The van der Waals surface area contributed by atoms with Crippen LogP contribution in [0, 0.1) is 11.8 Å². The minimum absolute atomic E-state index is 0.708. The molecule has 0 aromatic carbocycles. The lowest BCUT2D eigenvalue weighted by molar-refractivity contribution is 0.239. The normalized spacial score (nSPS) is 19.9. The molecule has 0 aromatic heterocycles. The van der Waals surface area contributed by atoms with Crippen LogP contribution in [-0.4, -0.2) is 38.1 Å². The molecular formula is C14H30N2. The van der Waals surface area contributed by atoms with Crippen LogP contribution in [0.5, 0.6) is 0 Å². The van der Waals surface area contributed by atoms with Crippen LogP contribution in [0.4, 0.5) is 0 Å². The minimum atomic E-state index is 0.708. The van der Waals surface area contributed by atoms with Gasteiger partial charge < -0.3 is 10.2 Å². The van der Waals surface area contributed by atoms with Crippen LogP contribution in [0.3, 0.4) is 0 Å². The van der Waals surface area contributed by atoms with Crippen LogP contribution >= 0.6 is 0 Å². The van der Waals surface area contributed by atoms with E-state index in [-0.39, 0.29) is 0 Å². The Morgan fingerprint density at radius 1 is 1.25 bits per heavy atom. The van der Waals surface area contributed by atoms with E-state index < -0.39 is 0 Å². The van der Waals surface area contributed by atoms with E-state index in [1.807, 2.05) is 0 Å². The second kappa shape index (κ2) is 7.29. The Hall–Kier alpha value is -0.0800. The lowest BCUT2D eigenvalue weighted by Crippen LogP contribution is -2.42. The molecule has 0 aliphatic heterocycles. The molecule has 0 amide bonds. The first-order valence-corrected chi connectivity index (χ1v) is 6.99. The van der Waals surface area contributed by atoms with Crippen LogP contribution < -0.4 is 5.32 Å². The van der Waals surface area contributed by atoms with E-state index in [1.54, 1.807) is 0 Å². The van der Waals surface area contributed by atoms with Gasteiger partial charge >= 0.3 is 0 Å². The fourth-order valence-corrected chi connectivity index (χ4v) is 2.74. The van der Waals surface area contributed by atoms with Gasteiger partial charge in [-0.1, -0.05) is 26.7 Å². The Morgan fingerprint density at radius 2 is 1.88 bits per heavy atom. The van der Waals surface area contributed by atoms with E-state index >= 15 is 0 Å². The molecule has 0 heterocycles. The maximum absolute atomic E-state index is 3.52. The Kier molecular flexibility index (Phi) is 6.37. The van der Waals surface area contributed by atoms with Crippen molar-refractivity contribution in [1.82, 2.24) is 10.2 Å². The third-order valence-corrected chi connectivity index (χ3v) is 3.94. The summed E-state index contributed by atoms with van der Waals surface area (Å²) in [6.07, 6.45) is 7.07. The van der Waals surface area contributed by atoms with Crippen molar-refractivity contribution in [2.24, 2.45) is 11.8 Å². The van der Waals surface area contributed by atoms with Gasteiger partial charge in [0.15, 0.2) is 0 Å². The summed E-state index contributed by atoms with van der Waals surface area (Å²) in [7, 11) is 4.39. The molecule has 1 aliphatic carbocycles. The molecule has 2 nitrogen and oxygen atoms in total. The Labute approximate surface area is 102 Å². The third-order valence-electron chi connectivity index (χ3n) is 3.94. The zero-order valence-corrected chi connectivity index (χ0v) is 11.6. The van der Waals surface area contributed by atoms with Crippen LogP contribution in [0.15, 0.2) is 0 Å². The van der Waals surface area contributed by atoms with Crippen LogP contribution in [0.2, 0.25) is 0 Å². The molecule has 0 bridgehead atoms. The van der Waals surface area contributed by atoms with Crippen molar-refractivity contribution >= 4 is 0 Å². The highest BCUT2D eigenvalue weighted by Gasteiger charge is 2.24. The second-order valence-corrected chi connectivity index (χ2v) is 5.88. The zero-order chi connectivity index (χ0) is 12.0. The van der Waals surface area contributed by atoms with Gasteiger partial charge in [-0.2, -0.15) is 0 Å². The third kappa shape index (κ3) is 4.84. The number of likely N-dealkylation sites (N-methyl/N-ethyl adjacent to an activating group) is 2. The Morgan fingerprint density at radius 3 is 2.38 bits per heavy atom. The van der Waals surface area contributed by atoms with Crippen molar-refractivity contribution in [3.63, 3.8) is 0 Å². The molecule has 1 saturated carbocycles. The molecular weight excluding hydrogens is 196 g/mol. The molecule has 1 unspecified atom stereocenters. The number of nitrogens with zero attached hydrogens (tertiary/aromatic N) is 1. The smallest absolute Gasteiger partial charge is 0.0220 e. The summed E-state index contributed by atoms with van der Waals surface area (Å²) in [5.41, 5.74) is 0. The molecule has 1 rings (SSSR count). The molecule has 2 heteroatoms. The SMILES string of the molecule is CNC(CN(C)CCC(C)C)C1CCCC1. The Bertz CT molecular complexity index is 174. The highest BCUT2D eigenvalue weighted by Crippen LogP contribution is 2.27. The molecule has 1 fully saturated rings. The number of rotatable bonds is 7. The number of hydrogen-bond donors (Lipinski definition) is 1. The van der Waals surface area contributed by atoms with Gasteiger partial charge in [0.25, 0.3) is 0 Å². The summed E-state index contributed by atoms with van der Waals surface area (Å²) < 4.78 is 0. The maximum atomic E-state index is 3.52. The van der Waals surface area contributed by atoms with Gasteiger partial charge in [0.2, 0.25) is 0 Å². The average Bonchev–Trinajstić information content (AvgIpc) is 2.76. The lowest BCUT2D eigenvalue weighted by atomic mass is 9.97. The van der Waals surface area contributed by atoms with Crippen molar-refractivity contribution in [2.45, 2.75) is 52.0 Å². The summed E-state index contributed by atoms with van der Waals surface area (Å²) in [6.45, 7) is 7.07. The quantitative estimate of drug-likeness (QED) is 0.718. The van der Waals surface area contributed by atoms with Gasteiger partial charge in [-0.05, 0) is 51.7 Å². The standard InChI is InChI=1S/C14H30N2/c1-12(2)9-10-16(4)11-14(15-3)13-7-5-6-8-13/h12-15H,5-11H2,1-4H3. The van der Waals surface area contributed by atoms with E-state index in [1.165, 1.54) is 45.2 Å². The minimum Gasteiger partial charge on any atom is -0.315 e. The van der Waals surface area contributed by atoms with E-state index in [9.17, 15) is 0 Å². The van der Waals surface area contributed by atoms with Gasteiger partial charge in [-0.15, -0.1) is 0 Å². The predicted octanol–water partition coefficient (Wildman–Crippen LogP) is 2.74. The lowest BCUT2D eigenvalue weighted by Gasteiger charge is -2.28. The van der Waals surface area contributed by atoms with Crippen molar-refractivity contribution in [1.29, 1.82) is 0 Å². The second-order valence-electron chi connectivity index (χ2n) is 5.88. The van der Waals surface area contributed by atoms with Crippen LogP contribution in [0.1, 0.15) is 46.0 Å². The molecule has 0 spiro atoms. The summed E-state index contributed by atoms with van der Waals surface area (Å²) >= 11 is 0. The van der Waals surface area contributed by atoms with E-state index in [0.717, 1.165) is 11.8 Å². The van der Waals surface area contributed by atoms with Gasteiger partial charge in [-0.25, -0.2) is 0 Å². The highest BCUT2D eigenvalue weighted by atomic mass is 15.1. The summed E-state index contributed by atoms with van der Waals surface area (Å²) in [5.74, 6) is 1.74. The first-order chi connectivity index (χ1) is 7.63. The first-order valence-electron chi connectivity index (χ1n) is 6.99. The average molecular weight is 226 g/mol. The van der Waals surface area contributed by atoms with Gasteiger partial charge in [0.1, 0.15) is 0 Å². The summed E-state index contributed by atoms with van der Waals surface area (Å²) in [5, 5.41) is 3.52. The fraction of sp³-hybridized carbons (Fsp3) is 1.00. The van der Waals surface area contributed by atoms with Gasteiger partial charge in [0.05, 0.1) is 0 Å². The van der Waals surface area contributed by atoms with Gasteiger partial charge in [-0.3, -0.25) is 0 Å². The first kappa shape index (κ1) is 14.0. The number of nitrogens with one attached hydrogen (secondary N) is 1.